The zero-order valence-corrected chi connectivity index (χ0v) is 8.95. The number of nitrogens with two attached hydrogens (primary N) is 1. The van der Waals surface area contributed by atoms with Gasteiger partial charge in [0, 0.05) is 6.20 Å². The molecule has 12 heavy (non-hydrogen) atoms. The summed E-state index contributed by atoms with van der Waals surface area (Å²) < 4.78 is 0.921. The van der Waals surface area contributed by atoms with Crippen molar-refractivity contribution >= 4 is 22.6 Å². The van der Waals surface area contributed by atoms with Gasteiger partial charge in [-0.05, 0) is 41.1 Å². The van der Waals surface area contributed by atoms with Crippen molar-refractivity contribution in [2.24, 2.45) is 5.73 Å². The summed E-state index contributed by atoms with van der Waals surface area (Å²) in [5.41, 5.74) is 5.96. The molecule has 66 valence electrons. The lowest BCUT2D eigenvalue weighted by Crippen LogP contribution is -2.37. The van der Waals surface area contributed by atoms with E-state index >= 15 is 0 Å². The Hall–Kier alpha value is -0.200. The molecule has 1 aromatic rings. The molecule has 0 unspecified atom stereocenters. The zero-order chi connectivity index (χ0) is 9.19. The predicted octanol–water partition coefficient (Wildman–Crippen LogP) is 0.852. The van der Waals surface area contributed by atoms with Gasteiger partial charge in [0.15, 0.2) is 0 Å². The summed E-state index contributed by atoms with van der Waals surface area (Å²) in [4.78, 5) is 4.09. The van der Waals surface area contributed by atoms with Gasteiger partial charge in [-0.2, -0.15) is 0 Å². The normalized spacial score (nSPS) is 15.7. The summed E-state index contributed by atoms with van der Waals surface area (Å²) in [6.45, 7) is 1.70. The highest BCUT2D eigenvalue weighted by molar-refractivity contribution is 14.1. The second kappa shape index (κ2) is 3.68. The molecule has 0 aliphatic heterocycles. The fourth-order valence-electron chi connectivity index (χ4n) is 0.805. The summed E-state index contributed by atoms with van der Waals surface area (Å²) in [6, 6.07) is 3.75. The summed E-state index contributed by atoms with van der Waals surface area (Å²) in [6.07, 6.45) is 1.69. The summed E-state index contributed by atoms with van der Waals surface area (Å²) in [5.74, 6) is 0. The minimum Gasteiger partial charge on any atom is -0.394 e. The van der Waals surface area contributed by atoms with Crippen molar-refractivity contribution in [3.63, 3.8) is 0 Å². The number of halogens is 1. The molecule has 3 nitrogen and oxygen atoms in total. The van der Waals surface area contributed by atoms with Crippen LogP contribution in [0.5, 0.6) is 0 Å². The van der Waals surface area contributed by atoms with Crippen LogP contribution in [-0.4, -0.2) is 16.7 Å². The van der Waals surface area contributed by atoms with E-state index in [4.69, 9.17) is 10.8 Å². The first-order valence-corrected chi connectivity index (χ1v) is 4.66. The van der Waals surface area contributed by atoms with E-state index in [1.807, 2.05) is 12.1 Å². The van der Waals surface area contributed by atoms with Crippen molar-refractivity contribution in [2.45, 2.75) is 12.5 Å². The average molecular weight is 278 g/mol. The first-order chi connectivity index (χ1) is 5.56. The first kappa shape index (κ1) is 9.88. The highest BCUT2D eigenvalue weighted by Crippen LogP contribution is 2.16. The maximum atomic E-state index is 8.96. The Morgan fingerprint density at radius 1 is 1.67 bits per heavy atom. The average Bonchev–Trinajstić information content (AvgIpc) is 2.05. The van der Waals surface area contributed by atoms with E-state index < -0.39 is 5.54 Å². The van der Waals surface area contributed by atoms with E-state index in [-0.39, 0.29) is 6.61 Å². The Labute approximate surface area is 85.1 Å². The predicted molar refractivity (Wildman–Crippen MR) is 55.6 cm³/mol. The Morgan fingerprint density at radius 3 is 2.75 bits per heavy atom. The molecule has 0 spiro atoms. The Morgan fingerprint density at radius 2 is 2.33 bits per heavy atom. The molecule has 0 bridgehead atoms. The third-order valence-corrected chi connectivity index (χ3v) is 2.35. The lowest BCUT2D eigenvalue weighted by molar-refractivity contribution is 0.210. The minimum absolute atomic E-state index is 0.0741. The topological polar surface area (TPSA) is 59.1 Å². The molecule has 4 heteroatoms. The van der Waals surface area contributed by atoms with Crippen LogP contribution in [0.3, 0.4) is 0 Å². The number of rotatable bonds is 2. The van der Waals surface area contributed by atoms with Gasteiger partial charge < -0.3 is 10.8 Å². The van der Waals surface area contributed by atoms with Crippen LogP contribution in [0.4, 0.5) is 0 Å². The van der Waals surface area contributed by atoms with Crippen LogP contribution in [0.2, 0.25) is 0 Å². The number of aliphatic hydroxyl groups excluding tert-OH is 1. The molecule has 0 aliphatic carbocycles. The molecule has 1 atom stereocenters. The van der Waals surface area contributed by atoms with Crippen molar-refractivity contribution in [2.75, 3.05) is 6.61 Å². The van der Waals surface area contributed by atoms with Gasteiger partial charge >= 0.3 is 0 Å². The molecule has 0 aliphatic rings. The van der Waals surface area contributed by atoms with Crippen molar-refractivity contribution in [3.8, 4) is 0 Å². The van der Waals surface area contributed by atoms with Gasteiger partial charge in [-0.15, -0.1) is 0 Å². The Balaban J connectivity index is 2.96. The van der Waals surface area contributed by atoms with Crippen molar-refractivity contribution in [1.82, 2.24) is 4.98 Å². The second-order valence-corrected chi connectivity index (χ2v) is 4.05. The maximum absolute atomic E-state index is 8.96. The smallest absolute Gasteiger partial charge is 0.101 e. The highest BCUT2D eigenvalue weighted by Gasteiger charge is 2.19. The Kier molecular flexibility index (Phi) is 3.03. The maximum Gasteiger partial charge on any atom is 0.101 e. The molecule has 0 saturated carbocycles. The monoisotopic (exact) mass is 278 g/mol. The third kappa shape index (κ3) is 2.15. The SMILES string of the molecule is C[C@](N)(CO)c1ccc(I)nc1. The van der Waals surface area contributed by atoms with Crippen molar-refractivity contribution < 1.29 is 5.11 Å². The molecule has 1 aromatic heterocycles. The number of hydrogen-bond donors (Lipinski definition) is 2. The molecule has 3 N–H and O–H groups in total. The molecular weight excluding hydrogens is 267 g/mol. The van der Waals surface area contributed by atoms with Crippen LogP contribution in [0, 0.1) is 3.70 Å². The van der Waals surface area contributed by atoms with Gasteiger partial charge in [0.25, 0.3) is 0 Å². The van der Waals surface area contributed by atoms with Gasteiger partial charge in [-0.3, -0.25) is 0 Å². The summed E-state index contributed by atoms with van der Waals surface area (Å²) >= 11 is 2.12. The lowest BCUT2D eigenvalue weighted by atomic mass is 9.96. The number of aliphatic hydroxyl groups is 1. The van der Waals surface area contributed by atoms with Crippen LogP contribution in [0.1, 0.15) is 12.5 Å². The zero-order valence-electron chi connectivity index (χ0n) is 6.79. The number of aromatic nitrogens is 1. The van der Waals surface area contributed by atoms with Crippen LogP contribution < -0.4 is 5.73 Å². The van der Waals surface area contributed by atoms with E-state index in [2.05, 4.69) is 27.6 Å². The standard InChI is InChI=1S/C8H11IN2O/c1-8(10,5-12)6-2-3-7(9)11-4-6/h2-4,12H,5,10H2,1H3/t8-/m0/s1. The second-order valence-electron chi connectivity index (χ2n) is 2.95. The molecule has 0 amide bonds. The minimum atomic E-state index is -0.683. The number of hydrogen-bond acceptors (Lipinski definition) is 3. The number of pyridine rings is 1. The van der Waals surface area contributed by atoms with Crippen LogP contribution in [0.15, 0.2) is 18.3 Å². The lowest BCUT2D eigenvalue weighted by Gasteiger charge is -2.21. The number of nitrogens with zero attached hydrogens (tertiary/aromatic N) is 1. The molecule has 0 aromatic carbocycles. The van der Waals surface area contributed by atoms with Crippen LogP contribution in [-0.2, 0) is 5.54 Å². The van der Waals surface area contributed by atoms with Gasteiger partial charge in [0.2, 0.25) is 0 Å². The van der Waals surface area contributed by atoms with Gasteiger partial charge in [0.1, 0.15) is 3.70 Å². The van der Waals surface area contributed by atoms with E-state index in [0.29, 0.717) is 0 Å². The van der Waals surface area contributed by atoms with Gasteiger partial charge in [0.05, 0.1) is 12.1 Å². The van der Waals surface area contributed by atoms with E-state index in [1.165, 1.54) is 0 Å². The molecular formula is C8H11IN2O. The molecule has 1 heterocycles. The summed E-state index contributed by atoms with van der Waals surface area (Å²) in [5, 5.41) is 8.96. The van der Waals surface area contributed by atoms with Crippen LogP contribution >= 0.6 is 22.6 Å². The van der Waals surface area contributed by atoms with Crippen molar-refractivity contribution in [1.29, 1.82) is 0 Å². The quantitative estimate of drug-likeness (QED) is 0.623. The van der Waals surface area contributed by atoms with E-state index in [9.17, 15) is 0 Å². The Bertz CT molecular complexity index is 258. The van der Waals surface area contributed by atoms with Gasteiger partial charge in [-0.25, -0.2) is 4.98 Å². The molecule has 0 radical (unpaired) electrons. The fraction of sp³-hybridized carbons (Fsp3) is 0.375. The molecule has 0 fully saturated rings. The highest BCUT2D eigenvalue weighted by atomic mass is 127. The van der Waals surface area contributed by atoms with Gasteiger partial charge in [-0.1, -0.05) is 6.07 Å². The molecule has 1 rings (SSSR count). The summed E-state index contributed by atoms with van der Waals surface area (Å²) in [7, 11) is 0. The fourth-order valence-corrected chi connectivity index (χ4v) is 1.12. The molecule has 0 saturated heterocycles. The third-order valence-electron chi connectivity index (χ3n) is 1.72. The van der Waals surface area contributed by atoms with E-state index in [1.54, 1.807) is 13.1 Å². The first-order valence-electron chi connectivity index (χ1n) is 3.58. The van der Waals surface area contributed by atoms with E-state index in [0.717, 1.165) is 9.26 Å². The van der Waals surface area contributed by atoms with Crippen LogP contribution in [0.25, 0.3) is 0 Å². The largest absolute Gasteiger partial charge is 0.394 e. The van der Waals surface area contributed by atoms with Crippen molar-refractivity contribution in [3.05, 3.63) is 27.6 Å².